The molecule has 1 atom stereocenters. The van der Waals surface area contributed by atoms with Gasteiger partial charge in [-0.15, -0.1) is 23.4 Å². The predicted octanol–water partition coefficient (Wildman–Crippen LogP) is 6.02. The summed E-state index contributed by atoms with van der Waals surface area (Å²) in [5.74, 6) is 0. The number of benzene rings is 2. The molecule has 4 heteroatoms. The Morgan fingerprint density at radius 1 is 0.765 bits per heavy atom. The number of rotatable bonds is 3. The Hall–Kier alpha value is -0.340. The molecular weight excluding hydrogens is 295 g/mol. The molecule has 0 nitrogen and oxygen atoms in total. The Bertz CT molecular complexity index is 479. The van der Waals surface area contributed by atoms with E-state index in [0.29, 0.717) is 5.02 Å². The molecule has 0 aliphatic rings. The van der Waals surface area contributed by atoms with Gasteiger partial charge in [0.1, 0.15) is 4.71 Å². The third kappa shape index (κ3) is 3.82. The normalized spacial score (nSPS) is 12.4. The molecule has 17 heavy (non-hydrogen) atoms. The zero-order valence-corrected chi connectivity index (χ0v) is 11.8. The van der Waals surface area contributed by atoms with Gasteiger partial charge in [0, 0.05) is 14.9 Å². The van der Waals surface area contributed by atoms with Crippen LogP contribution >= 0.6 is 46.6 Å². The lowest BCUT2D eigenvalue weighted by atomic mass is 10.2. The largest absolute Gasteiger partial charge is 0.108 e. The van der Waals surface area contributed by atoms with Crippen molar-refractivity contribution in [2.24, 2.45) is 0 Å². The van der Waals surface area contributed by atoms with Crippen LogP contribution in [0.1, 0.15) is 10.3 Å². The molecule has 2 aromatic rings. The predicted molar refractivity (Wildman–Crippen MR) is 77.4 cm³/mol. The highest BCUT2D eigenvalue weighted by molar-refractivity contribution is 8.00. The lowest BCUT2D eigenvalue weighted by molar-refractivity contribution is 1.34. The first-order valence-electron chi connectivity index (χ1n) is 4.97. The molecule has 0 aromatic heterocycles. The third-order valence-electron chi connectivity index (χ3n) is 2.19. The van der Waals surface area contributed by atoms with Crippen molar-refractivity contribution in [2.75, 3.05) is 0 Å². The Kier molecular flexibility index (Phi) is 4.63. The molecule has 0 aliphatic heterocycles. The van der Waals surface area contributed by atoms with Gasteiger partial charge in [-0.1, -0.05) is 35.3 Å². The summed E-state index contributed by atoms with van der Waals surface area (Å²) in [7, 11) is 0. The van der Waals surface area contributed by atoms with Crippen molar-refractivity contribution in [3.8, 4) is 0 Å². The molecule has 0 aliphatic carbocycles. The summed E-state index contributed by atoms with van der Waals surface area (Å²) >= 11 is 19.5. The Labute approximate surface area is 120 Å². The second kappa shape index (κ2) is 6.01. The van der Waals surface area contributed by atoms with Gasteiger partial charge in [0.05, 0.1) is 0 Å². The van der Waals surface area contributed by atoms with E-state index in [1.807, 2.05) is 48.5 Å². The zero-order valence-electron chi connectivity index (χ0n) is 8.74. The summed E-state index contributed by atoms with van der Waals surface area (Å²) in [5, 5.41) is 1.45. The van der Waals surface area contributed by atoms with Crippen LogP contribution in [0.3, 0.4) is 0 Å². The van der Waals surface area contributed by atoms with Crippen molar-refractivity contribution >= 4 is 46.6 Å². The van der Waals surface area contributed by atoms with Gasteiger partial charge >= 0.3 is 0 Å². The van der Waals surface area contributed by atoms with Crippen LogP contribution in [0.5, 0.6) is 0 Å². The minimum Gasteiger partial charge on any atom is -0.105 e. The molecule has 2 aromatic carbocycles. The van der Waals surface area contributed by atoms with Crippen LogP contribution in [0.4, 0.5) is 0 Å². The van der Waals surface area contributed by atoms with Gasteiger partial charge in [-0.05, 0) is 42.0 Å². The molecule has 0 bridgehead atoms. The summed E-state index contributed by atoms with van der Waals surface area (Å²) in [6.07, 6.45) is 0. The maximum absolute atomic E-state index is 6.32. The summed E-state index contributed by atoms with van der Waals surface area (Å²) in [4.78, 5) is 1.09. The molecule has 0 radical (unpaired) electrons. The molecule has 0 saturated heterocycles. The summed E-state index contributed by atoms with van der Waals surface area (Å²) in [6, 6.07) is 15.2. The van der Waals surface area contributed by atoms with Crippen LogP contribution < -0.4 is 0 Å². The maximum Gasteiger partial charge on any atom is 0.108 e. The number of hydrogen-bond acceptors (Lipinski definition) is 1. The average Bonchev–Trinajstić information content (AvgIpc) is 2.33. The Morgan fingerprint density at radius 3 is 1.76 bits per heavy atom. The van der Waals surface area contributed by atoms with Crippen LogP contribution in [0.25, 0.3) is 0 Å². The third-order valence-corrected chi connectivity index (χ3v) is 4.23. The van der Waals surface area contributed by atoms with E-state index in [9.17, 15) is 0 Å². The quantitative estimate of drug-likeness (QED) is 0.493. The van der Waals surface area contributed by atoms with E-state index in [-0.39, 0.29) is 4.71 Å². The van der Waals surface area contributed by atoms with Gasteiger partial charge in [0.2, 0.25) is 0 Å². The van der Waals surface area contributed by atoms with Crippen LogP contribution in [0.15, 0.2) is 53.4 Å². The van der Waals surface area contributed by atoms with E-state index in [0.717, 1.165) is 15.5 Å². The summed E-state index contributed by atoms with van der Waals surface area (Å²) < 4.78 is -0.131. The smallest absolute Gasteiger partial charge is 0.105 e. The van der Waals surface area contributed by atoms with E-state index in [4.69, 9.17) is 34.8 Å². The first kappa shape index (κ1) is 13.1. The van der Waals surface area contributed by atoms with Crippen molar-refractivity contribution in [1.82, 2.24) is 0 Å². The maximum atomic E-state index is 6.32. The Morgan fingerprint density at radius 2 is 1.24 bits per heavy atom. The van der Waals surface area contributed by atoms with Gasteiger partial charge in [0.15, 0.2) is 0 Å². The molecule has 88 valence electrons. The van der Waals surface area contributed by atoms with Crippen molar-refractivity contribution in [3.63, 3.8) is 0 Å². The highest BCUT2D eigenvalue weighted by Crippen LogP contribution is 2.38. The number of hydrogen-bond donors (Lipinski definition) is 0. The number of halogens is 3. The highest BCUT2D eigenvalue weighted by Gasteiger charge is 2.09. The Balaban J connectivity index is 2.08. The molecular formula is C13H9Cl3S. The van der Waals surface area contributed by atoms with Crippen LogP contribution in [-0.4, -0.2) is 0 Å². The summed E-state index contributed by atoms with van der Waals surface area (Å²) in [6.45, 7) is 0. The summed E-state index contributed by atoms with van der Waals surface area (Å²) in [5.41, 5.74) is 1.04. The topological polar surface area (TPSA) is 0 Å². The molecule has 0 saturated carbocycles. The van der Waals surface area contributed by atoms with Gasteiger partial charge < -0.3 is 0 Å². The monoisotopic (exact) mass is 302 g/mol. The minimum atomic E-state index is -0.131. The number of thioether (sulfide) groups is 1. The van der Waals surface area contributed by atoms with E-state index in [1.165, 1.54) is 0 Å². The average molecular weight is 304 g/mol. The van der Waals surface area contributed by atoms with Crippen molar-refractivity contribution < 1.29 is 0 Å². The number of alkyl halides is 1. The SMILES string of the molecule is Clc1ccc(SC(Cl)c2ccc(Cl)cc2)cc1. The second-order valence-electron chi connectivity index (χ2n) is 3.44. The lowest BCUT2D eigenvalue weighted by Gasteiger charge is -2.09. The van der Waals surface area contributed by atoms with Crippen LogP contribution in [0, 0.1) is 0 Å². The van der Waals surface area contributed by atoms with Crippen LogP contribution in [-0.2, 0) is 0 Å². The molecule has 0 N–H and O–H groups in total. The van der Waals surface area contributed by atoms with E-state index < -0.39 is 0 Å². The molecule has 0 spiro atoms. The first-order chi connectivity index (χ1) is 8.15. The molecule has 1 unspecified atom stereocenters. The van der Waals surface area contributed by atoms with Crippen molar-refractivity contribution in [1.29, 1.82) is 0 Å². The first-order valence-corrected chi connectivity index (χ1v) is 7.04. The zero-order chi connectivity index (χ0) is 12.3. The standard InChI is InChI=1S/C13H9Cl3S/c14-10-3-1-9(2-4-10)13(16)17-12-7-5-11(15)6-8-12/h1-8,13H. The molecule has 0 fully saturated rings. The van der Waals surface area contributed by atoms with Gasteiger partial charge in [-0.25, -0.2) is 0 Å². The fourth-order valence-corrected chi connectivity index (χ4v) is 2.85. The van der Waals surface area contributed by atoms with Crippen molar-refractivity contribution in [2.45, 2.75) is 9.60 Å². The second-order valence-corrected chi connectivity index (χ2v) is 6.19. The van der Waals surface area contributed by atoms with Crippen LogP contribution in [0.2, 0.25) is 10.0 Å². The van der Waals surface area contributed by atoms with E-state index in [2.05, 4.69) is 0 Å². The van der Waals surface area contributed by atoms with E-state index >= 15 is 0 Å². The lowest BCUT2D eigenvalue weighted by Crippen LogP contribution is -1.84. The molecule has 2 rings (SSSR count). The fraction of sp³-hybridized carbons (Fsp3) is 0.0769. The van der Waals surface area contributed by atoms with Gasteiger partial charge in [0.25, 0.3) is 0 Å². The van der Waals surface area contributed by atoms with Gasteiger partial charge in [-0.3, -0.25) is 0 Å². The van der Waals surface area contributed by atoms with Gasteiger partial charge in [-0.2, -0.15) is 0 Å². The highest BCUT2D eigenvalue weighted by atomic mass is 35.5. The fourth-order valence-electron chi connectivity index (χ4n) is 1.31. The van der Waals surface area contributed by atoms with Crippen molar-refractivity contribution in [3.05, 3.63) is 64.1 Å². The minimum absolute atomic E-state index is 0.131. The van der Waals surface area contributed by atoms with E-state index in [1.54, 1.807) is 11.8 Å². The molecule has 0 heterocycles. The molecule has 0 amide bonds.